The number of phenols is 1. The molecule has 5 fully saturated rings. The normalized spacial score (nSPS) is 24.9. The van der Waals surface area contributed by atoms with Gasteiger partial charge in [-0.15, -0.1) is 0 Å². The van der Waals surface area contributed by atoms with E-state index in [2.05, 4.69) is 20.2 Å². The molecule has 2 atom stereocenters. The number of nitrogens with one attached hydrogen (secondary N) is 1. The molecular formula is C28H30ClF3N6O3. The largest absolute Gasteiger partial charge is 0.508 e. The van der Waals surface area contributed by atoms with Gasteiger partial charge in [-0.1, -0.05) is 11.6 Å². The van der Waals surface area contributed by atoms with Gasteiger partial charge in [-0.3, -0.25) is 14.3 Å². The average molecular weight is 593 g/mol. The fraction of sp³-hybridized carbons (Fsp3) is 0.536. The molecule has 5 aliphatic rings. The summed E-state index contributed by atoms with van der Waals surface area (Å²) in [6, 6.07) is 2.95. The molecule has 5 saturated heterocycles. The minimum atomic E-state index is -4.93. The number of piperidine rings is 2. The molecule has 2 unspecified atom stereocenters. The van der Waals surface area contributed by atoms with Crippen molar-refractivity contribution in [3.05, 3.63) is 45.3 Å². The fourth-order valence-electron chi connectivity index (χ4n) is 6.97. The molecule has 41 heavy (non-hydrogen) atoms. The molecular weight excluding hydrogens is 561 g/mol. The lowest BCUT2D eigenvalue weighted by atomic mass is 9.93. The molecule has 218 valence electrons. The number of pyridine rings is 1. The Bertz CT molecular complexity index is 1650. The molecule has 0 aliphatic carbocycles. The van der Waals surface area contributed by atoms with E-state index in [4.69, 9.17) is 19.1 Å². The van der Waals surface area contributed by atoms with Gasteiger partial charge in [0.1, 0.15) is 23.6 Å². The first-order chi connectivity index (χ1) is 20.4. The number of alkyl halides is 3. The number of fused-ring (bicyclic) bond motifs is 5. The summed E-state index contributed by atoms with van der Waals surface area (Å²) in [4.78, 5) is 27.1. The van der Waals surface area contributed by atoms with Gasteiger partial charge >= 0.3 is 12.2 Å². The molecule has 2 bridgehead atoms. The third-order valence-electron chi connectivity index (χ3n) is 8.91. The van der Waals surface area contributed by atoms with Crippen LogP contribution in [0.15, 0.2) is 29.2 Å². The number of rotatable bonds is 5. The summed E-state index contributed by atoms with van der Waals surface area (Å²) in [6.07, 6.45) is 0.978. The Morgan fingerprint density at radius 2 is 2.00 bits per heavy atom. The van der Waals surface area contributed by atoms with E-state index in [1.54, 1.807) is 0 Å². The van der Waals surface area contributed by atoms with Crippen LogP contribution in [0.3, 0.4) is 0 Å². The number of hydrogen-bond donors (Lipinski definition) is 2. The van der Waals surface area contributed by atoms with Crippen molar-refractivity contribution in [2.24, 2.45) is 0 Å². The number of piperazine rings is 1. The number of anilines is 1. The molecule has 8 rings (SSSR count). The number of phenolic OH excluding ortho intramolecular Hbond substituents is 1. The highest BCUT2D eigenvalue weighted by atomic mass is 35.5. The van der Waals surface area contributed by atoms with Crippen molar-refractivity contribution in [3.8, 4) is 17.4 Å². The molecule has 5 aliphatic heterocycles. The molecule has 0 saturated carbocycles. The van der Waals surface area contributed by atoms with E-state index in [0.717, 1.165) is 55.5 Å². The predicted molar refractivity (Wildman–Crippen MR) is 147 cm³/mol. The monoisotopic (exact) mass is 592 g/mol. The summed E-state index contributed by atoms with van der Waals surface area (Å²) in [7, 11) is 0. The molecule has 2 N–H and O–H groups in total. The molecule has 7 heterocycles. The molecule has 0 radical (unpaired) electrons. The number of aromatic nitrogens is 3. The van der Waals surface area contributed by atoms with Gasteiger partial charge < -0.3 is 20.1 Å². The van der Waals surface area contributed by atoms with Gasteiger partial charge in [0.2, 0.25) is 0 Å². The van der Waals surface area contributed by atoms with Crippen molar-refractivity contribution in [3.63, 3.8) is 0 Å². The SMILES string of the molecule is [2H]C([2H])(Oc1nc(N2CC3CCC2CN3)c2ccn(-c3cc(O)cc(Cl)c3C(F)(F)F)c(=O)c2n1)C12CCCN1CCC2. The van der Waals surface area contributed by atoms with Crippen molar-refractivity contribution in [1.82, 2.24) is 24.8 Å². The molecule has 1 aromatic carbocycles. The van der Waals surface area contributed by atoms with Crippen LogP contribution in [0, 0.1) is 0 Å². The van der Waals surface area contributed by atoms with Gasteiger partial charge in [-0.05, 0) is 63.7 Å². The lowest BCUT2D eigenvalue weighted by Crippen LogP contribution is -2.61. The Hall–Kier alpha value is -3.09. The van der Waals surface area contributed by atoms with Crippen LogP contribution >= 0.6 is 11.6 Å². The second-order valence-electron chi connectivity index (χ2n) is 11.3. The highest BCUT2D eigenvalue weighted by Crippen LogP contribution is 2.42. The molecule has 0 spiro atoms. The summed E-state index contributed by atoms with van der Waals surface area (Å²) in [5, 5.41) is 13.1. The van der Waals surface area contributed by atoms with Crippen molar-refractivity contribution < 1.29 is 25.8 Å². The maximum absolute atomic E-state index is 14.1. The van der Waals surface area contributed by atoms with Crippen LogP contribution in [0.5, 0.6) is 11.8 Å². The van der Waals surface area contributed by atoms with Crippen LogP contribution in [0.4, 0.5) is 19.0 Å². The zero-order valence-corrected chi connectivity index (χ0v) is 22.8. The highest BCUT2D eigenvalue weighted by Gasteiger charge is 2.45. The smallest absolute Gasteiger partial charge is 0.419 e. The second kappa shape index (κ2) is 9.74. The van der Waals surface area contributed by atoms with E-state index in [1.165, 1.54) is 12.3 Å². The summed E-state index contributed by atoms with van der Waals surface area (Å²) in [6.45, 7) is 0.608. The Balaban J connectivity index is 1.41. The minimum Gasteiger partial charge on any atom is -0.508 e. The summed E-state index contributed by atoms with van der Waals surface area (Å²) in [5.74, 6) is -0.178. The van der Waals surface area contributed by atoms with E-state index in [1.807, 2.05) is 4.90 Å². The van der Waals surface area contributed by atoms with E-state index in [-0.39, 0.29) is 23.6 Å². The first kappa shape index (κ1) is 24.5. The lowest BCUT2D eigenvalue weighted by molar-refractivity contribution is -0.137. The third-order valence-corrected chi connectivity index (χ3v) is 9.21. The van der Waals surface area contributed by atoms with Gasteiger partial charge in [-0.2, -0.15) is 23.1 Å². The Labute approximate surface area is 241 Å². The van der Waals surface area contributed by atoms with Gasteiger partial charge in [0, 0.05) is 37.4 Å². The summed E-state index contributed by atoms with van der Waals surface area (Å²) in [5.41, 5.74) is -3.93. The maximum atomic E-state index is 14.1. The zero-order valence-electron chi connectivity index (χ0n) is 24.0. The Kier molecular flexibility index (Phi) is 5.82. The van der Waals surface area contributed by atoms with Crippen LogP contribution in [0.25, 0.3) is 16.6 Å². The fourth-order valence-corrected chi connectivity index (χ4v) is 7.29. The summed E-state index contributed by atoms with van der Waals surface area (Å²) >= 11 is 5.91. The Morgan fingerprint density at radius 1 is 1.22 bits per heavy atom. The van der Waals surface area contributed by atoms with Crippen LogP contribution in [-0.4, -0.2) is 74.9 Å². The van der Waals surface area contributed by atoms with Crippen molar-refractivity contribution in [1.29, 1.82) is 0 Å². The number of aromatic hydroxyl groups is 1. The lowest BCUT2D eigenvalue weighted by Gasteiger charge is -2.46. The standard InChI is InChI=1S/C28H30ClF3N6O3/c29-20-11-18(39)12-21(22(20)28(30,31)32)37-10-5-19-23(25(37)40)34-26(41-15-27-6-1-8-36(27)9-2-7-27)35-24(19)38-14-16-3-4-17(38)13-33-16/h5,10-12,16-17,33,39H,1-4,6-9,13-15H2/i15D2. The predicted octanol–water partition coefficient (Wildman–Crippen LogP) is 4.11. The number of ether oxygens (including phenoxy) is 1. The summed E-state index contributed by atoms with van der Waals surface area (Å²) < 4.78 is 67.0. The van der Waals surface area contributed by atoms with E-state index < -0.39 is 45.9 Å². The van der Waals surface area contributed by atoms with Crippen molar-refractivity contribution >= 4 is 28.3 Å². The van der Waals surface area contributed by atoms with Gasteiger partial charge in [-0.25, -0.2) is 0 Å². The van der Waals surface area contributed by atoms with Crippen molar-refractivity contribution in [2.75, 3.05) is 37.6 Å². The number of nitrogens with zero attached hydrogens (tertiary/aromatic N) is 5. The first-order valence-electron chi connectivity index (χ1n) is 14.9. The third kappa shape index (κ3) is 4.51. The van der Waals surface area contributed by atoms with E-state index in [9.17, 15) is 23.1 Å². The second-order valence-corrected chi connectivity index (χ2v) is 11.7. The first-order valence-corrected chi connectivity index (χ1v) is 14.2. The minimum absolute atomic E-state index is 0.0515. The molecule has 13 heteroatoms. The van der Waals surface area contributed by atoms with Crippen LogP contribution in [-0.2, 0) is 6.18 Å². The highest BCUT2D eigenvalue weighted by molar-refractivity contribution is 6.31. The van der Waals surface area contributed by atoms with Gasteiger partial charge in [0.05, 0.1) is 29.9 Å². The van der Waals surface area contributed by atoms with Gasteiger partial charge in [0.15, 0.2) is 0 Å². The molecule has 2 aromatic heterocycles. The number of hydrogen-bond acceptors (Lipinski definition) is 8. The van der Waals surface area contributed by atoms with Crippen molar-refractivity contribution in [2.45, 2.75) is 62.3 Å². The molecule has 3 aromatic rings. The van der Waals surface area contributed by atoms with E-state index >= 15 is 0 Å². The van der Waals surface area contributed by atoms with Gasteiger partial charge in [0.25, 0.3) is 5.56 Å². The Morgan fingerprint density at radius 3 is 2.66 bits per heavy atom. The molecule has 0 amide bonds. The van der Waals surface area contributed by atoms with Crippen LogP contribution in [0.2, 0.25) is 5.02 Å². The number of halogens is 4. The van der Waals surface area contributed by atoms with Crippen LogP contribution < -0.4 is 20.5 Å². The number of benzene rings is 1. The zero-order chi connectivity index (χ0) is 30.3. The molecule has 9 nitrogen and oxygen atoms in total. The topological polar surface area (TPSA) is 95.8 Å². The van der Waals surface area contributed by atoms with Crippen LogP contribution in [0.1, 0.15) is 46.8 Å². The van der Waals surface area contributed by atoms with E-state index in [0.29, 0.717) is 37.1 Å². The maximum Gasteiger partial charge on any atom is 0.419 e. The average Bonchev–Trinajstić information content (AvgIpc) is 3.55. The quantitative estimate of drug-likeness (QED) is 0.457.